The van der Waals surface area contributed by atoms with Crippen molar-refractivity contribution in [1.82, 2.24) is 5.32 Å². The van der Waals surface area contributed by atoms with Crippen molar-refractivity contribution in [3.8, 4) is 0 Å². The second kappa shape index (κ2) is 9.26. The van der Waals surface area contributed by atoms with Crippen LogP contribution < -0.4 is 10.2 Å². The molecule has 2 amide bonds. The molecule has 1 N–H and O–H groups in total. The van der Waals surface area contributed by atoms with Gasteiger partial charge in [0.15, 0.2) is 0 Å². The third-order valence-corrected chi connectivity index (χ3v) is 6.43. The molecule has 1 aliphatic heterocycles. The predicted molar refractivity (Wildman–Crippen MR) is 117 cm³/mol. The van der Waals surface area contributed by atoms with Gasteiger partial charge in [0.25, 0.3) is 5.91 Å². The number of nitrogens with one attached hydrogen (secondary N) is 1. The van der Waals surface area contributed by atoms with Crippen molar-refractivity contribution in [2.75, 3.05) is 10.7 Å². The highest BCUT2D eigenvalue weighted by Crippen LogP contribution is 2.37. The number of nitrogens with zero attached hydrogens (tertiary/aromatic N) is 1. The fraction of sp³-hybridized carbons (Fsp3) is 0.130. The number of thioether (sulfide) groups is 1. The summed E-state index contributed by atoms with van der Waals surface area (Å²) in [5.74, 6) is -2.71. The van der Waals surface area contributed by atoms with Crippen LogP contribution in [0.3, 0.4) is 0 Å². The van der Waals surface area contributed by atoms with E-state index in [4.69, 9.17) is 11.6 Å². The molecule has 0 saturated heterocycles. The third-order valence-electron chi connectivity index (χ3n) is 5.03. The summed E-state index contributed by atoms with van der Waals surface area (Å²) < 4.78 is 41.9. The summed E-state index contributed by atoms with van der Waals surface area (Å²) in [6, 6.07) is 12.5. The largest absolute Gasteiger partial charge is 0.348 e. The Labute approximate surface area is 191 Å². The van der Waals surface area contributed by atoms with Crippen LogP contribution in [0.25, 0.3) is 0 Å². The predicted octanol–water partition coefficient (Wildman–Crippen LogP) is 5.33. The zero-order chi connectivity index (χ0) is 22.8. The second-order valence-corrected chi connectivity index (χ2v) is 8.46. The number of hydrogen-bond donors (Lipinski definition) is 1. The van der Waals surface area contributed by atoms with Crippen LogP contribution in [-0.2, 0) is 17.9 Å². The number of carbonyl (C=O) groups is 2. The molecule has 32 heavy (non-hydrogen) atoms. The van der Waals surface area contributed by atoms with Crippen LogP contribution in [-0.4, -0.2) is 17.6 Å². The molecule has 0 spiro atoms. The summed E-state index contributed by atoms with van der Waals surface area (Å²) in [5.41, 5.74) is 0.557. The lowest BCUT2D eigenvalue weighted by Crippen LogP contribution is -2.35. The maximum absolute atomic E-state index is 14.3. The summed E-state index contributed by atoms with van der Waals surface area (Å²) in [4.78, 5) is 27.4. The molecule has 164 valence electrons. The van der Waals surface area contributed by atoms with Gasteiger partial charge in [-0.15, -0.1) is 11.8 Å². The molecular weight excluding hydrogens is 461 g/mol. The Morgan fingerprint density at radius 1 is 1.00 bits per heavy atom. The van der Waals surface area contributed by atoms with Gasteiger partial charge < -0.3 is 10.2 Å². The fourth-order valence-electron chi connectivity index (χ4n) is 3.33. The molecule has 1 heterocycles. The van der Waals surface area contributed by atoms with E-state index in [-0.39, 0.29) is 46.5 Å². The Kier molecular flexibility index (Phi) is 6.43. The Morgan fingerprint density at radius 3 is 2.34 bits per heavy atom. The van der Waals surface area contributed by atoms with E-state index in [0.29, 0.717) is 5.69 Å². The summed E-state index contributed by atoms with van der Waals surface area (Å²) in [5, 5.41) is 2.68. The highest BCUT2D eigenvalue weighted by Gasteiger charge is 2.27. The molecule has 3 aromatic carbocycles. The zero-order valence-corrected chi connectivity index (χ0v) is 18.1. The second-order valence-electron chi connectivity index (χ2n) is 7.03. The molecule has 0 saturated carbocycles. The summed E-state index contributed by atoms with van der Waals surface area (Å²) in [7, 11) is 0. The molecule has 9 heteroatoms. The van der Waals surface area contributed by atoms with Gasteiger partial charge in [0.1, 0.15) is 17.5 Å². The molecule has 1 aliphatic rings. The highest BCUT2D eigenvalue weighted by atomic mass is 35.5. The van der Waals surface area contributed by atoms with E-state index in [9.17, 15) is 22.8 Å². The number of rotatable bonds is 5. The first kappa shape index (κ1) is 22.2. The van der Waals surface area contributed by atoms with Gasteiger partial charge in [-0.1, -0.05) is 23.7 Å². The van der Waals surface area contributed by atoms with E-state index in [0.717, 1.165) is 17.0 Å². The first-order valence-electron chi connectivity index (χ1n) is 9.56. The molecule has 4 rings (SSSR count). The van der Waals surface area contributed by atoms with Crippen LogP contribution >= 0.6 is 23.4 Å². The van der Waals surface area contributed by atoms with Crippen molar-refractivity contribution in [2.45, 2.75) is 18.0 Å². The Morgan fingerprint density at radius 2 is 1.66 bits per heavy atom. The lowest BCUT2D eigenvalue weighted by atomic mass is 10.1. The lowest BCUT2D eigenvalue weighted by molar-refractivity contribution is -0.116. The van der Waals surface area contributed by atoms with Gasteiger partial charge in [0, 0.05) is 33.2 Å². The summed E-state index contributed by atoms with van der Waals surface area (Å²) >= 11 is 7.43. The van der Waals surface area contributed by atoms with Gasteiger partial charge in [-0.05, 0) is 42.5 Å². The number of amides is 2. The third kappa shape index (κ3) is 4.47. The highest BCUT2D eigenvalue weighted by molar-refractivity contribution is 8.00. The van der Waals surface area contributed by atoms with Crippen LogP contribution in [0, 0.1) is 17.5 Å². The molecule has 0 atom stereocenters. The summed E-state index contributed by atoms with van der Waals surface area (Å²) in [6.07, 6.45) is 0. The molecular formula is C23H16ClF3N2O2S. The van der Waals surface area contributed by atoms with Crippen molar-refractivity contribution < 1.29 is 22.8 Å². The molecule has 0 fully saturated rings. The quantitative estimate of drug-likeness (QED) is 0.542. The number of fused-ring (bicyclic) bond motifs is 1. The molecule has 0 aliphatic carbocycles. The lowest BCUT2D eigenvalue weighted by Gasteiger charge is -2.30. The standard InChI is InChI=1S/C23H16ClF3N2O2S/c24-16-3-1-4-19(27)15(16)11-29-20-9-13(7-8-21(20)32-12-22(29)30)23(31)28-10-14-17(25)5-2-6-18(14)26/h1-9H,10-12H2,(H,28,31). The van der Waals surface area contributed by atoms with E-state index < -0.39 is 23.4 Å². The van der Waals surface area contributed by atoms with Gasteiger partial charge >= 0.3 is 0 Å². The topological polar surface area (TPSA) is 49.4 Å². The van der Waals surface area contributed by atoms with E-state index in [2.05, 4.69) is 5.32 Å². The van der Waals surface area contributed by atoms with Gasteiger partial charge in [0.2, 0.25) is 5.91 Å². The molecule has 0 radical (unpaired) electrons. The molecule has 3 aromatic rings. The minimum atomic E-state index is -0.759. The van der Waals surface area contributed by atoms with E-state index in [1.54, 1.807) is 12.1 Å². The van der Waals surface area contributed by atoms with E-state index >= 15 is 0 Å². The number of benzene rings is 3. The Bertz CT molecular complexity index is 1180. The SMILES string of the molecule is O=C(NCc1c(F)cccc1F)c1ccc2c(c1)N(Cc1c(F)cccc1Cl)C(=O)CS2. The number of halogens is 4. The van der Waals surface area contributed by atoms with Gasteiger partial charge in [0.05, 0.1) is 18.0 Å². The van der Waals surface area contributed by atoms with Crippen molar-refractivity contribution in [1.29, 1.82) is 0 Å². The van der Waals surface area contributed by atoms with E-state index in [1.165, 1.54) is 47.0 Å². The minimum Gasteiger partial charge on any atom is -0.348 e. The van der Waals surface area contributed by atoms with Crippen LogP contribution in [0.5, 0.6) is 0 Å². The van der Waals surface area contributed by atoms with Crippen LogP contribution in [0.15, 0.2) is 59.5 Å². The van der Waals surface area contributed by atoms with Crippen LogP contribution in [0.1, 0.15) is 21.5 Å². The zero-order valence-electron chi connectivity index (χ0n) is 16.5. The number of anilines is 1. The maximum atomic E-state index is 14.3. The summed E-state index contributed by atoms with van der Waals surface area (Å²) in [6.45, 7) is -0.430. The number of carbonyl (C=O) groups excluding carboxylic acids is 2. The monoisotopic (exact) mass is 476 g/mol. The van der Waals surface area contributed by atoms with Crippen molar-refractivity contribution in [3.05, 3.63) is 93.8 Å². The van der Waals surface area contributed by atoms with Gasteiger partial charge in [-0.25, -0.2) is 13.2 Å². The Hall–Kier alpha value is -2.97. The van der Waals surface area contributed by atoms with Gasteiger partial charge in [-0.2, -0.15) is 0 Å². The van der Waals surface area contributed by atoms with Crippen molar-refractivity contribution in [2.24, 2.45) is 0 Å². The van der Waals surface area contributed by atoms with Crippen LogP contribution in [0.4, 0.5) is 18.9 Å². The first-order chi connectivity index (χ1) is 15.3. The van der Waals surface area contributed by atoms with Gasteiger partial charge in [-0.3, -0.25) is 9.59 Å². The average Bonchev–Trinajstić information content (AvgIpc) is 2.77. The fourth-order valence-corrected chi connectivity index (χ4v) is 4.47. The minimum absolute atomic E-state index is 0.0938. The van der Waals surface area contributed by atoms with E-state index in [1.807, 2.05) is 0 Å². The Balaban J connectivity index is 1.59. The van der Waals surface area contributed by atoms with Crippen LogP contribution in [0.2, 0.25) is 5.02 Å². The first-order valence-corrected chi connectivity index (χ1v) is 10.9. The maximum Gasteiger partial charge on any atom is 0.251 e. The normalized spacial score (nSPS) is 13.1. The molecule has 4 nitrogen and oxygen atoms in total. The number of hydrogen-bond acceptors (Lipinski definition) is 3. The molecule has 0 aromatic heterocycles. The smallest absolute Gasteiger partial charge is 0.251 e. The molecule has 0 unspecified atom stereocenters. The van der Waals surface area contributed by atoms with Crippen molar-refractivity contribution >= 4 is 40.9 Å². The van der Waals surface area contributed by atoms with Crippen molar-refractivity contribution in [3.63, 3.8) is 0 Å². The average molecular weight is 477 g/mol. The molecule has 0 bridgehead atoms.